The summed E-state index contributed by atoms with van der Waals surface area (Å²) in [6, 6.07) is 7.44. The van der Waals surface area contributed by atoms with Gasteiger partial charge in [-0.05, 0) is 38.0 Å². The lowest BCUT2D eigenvalue weighted by molar-refractivity contribution is -0.147. The number of fused-ring (bicyclic) bond motifs is 3. The van der Waals surface area contributed by atoms with Crippen LogP contribution in [0.25, 0.3) is 0 Å². The van der Waals surface area contributed by atoms with Crippen LogP contribution in [0.1, 0.15) is 38.3 Å². The molecule has 0 aromatic heterocycles. The van der Waals surface area contributed by atoms with Gasteiger partial charge in [-0.15, -0.1) is 6.58 Å². The SMILES string of the molecule is C=CCN1C(=O)CC[C@](C)(C#N)[C@H](c2ccc3c(c2)OCO3)N2CSSC1(C)C2=O. The Morgan fingerprint density at radius 1 is 1.33 bits per heavy atom. The van der Waals surface area contributed by atoms with Crippen LogP contribution in [0.15, 0.2) is 30.9 Å². The van der Waals surface area contributed by atoms with Crippen LogP contribution in [0, 0.1) is 16.7 Å². The minimum absolute atomic E-state index is 0.145. The van der Waals surface area contributed by atoms with E-state index in [1.165, 1.54) is 21.6 Å². The van der Waals surface area contributed by atoms with E-state index in [-0.39, 0.29) is 31.6 Å². The van der Waals surface area contributed by atoms with Crippen molar-refractivity contribution in [3.63, 3.8) is 0 Å². The van der Waals surface area contributed by atoms with E-state index in [1.807, 2.05) is 25.1 Å². The number of amides is 2. The van der Waals surface area contributed by atoms with Crippen molar-refractivity contribution in [1.82, 2.24) is 9.80 Å². The van der Waals surface area contributed by atoms with Crippen LogP contribution in [-0.4, -0.2) is 45.7 Å². The standard InChI is InChI=1S/C21H23N3O4S2/c1-4-9-24-17(25)7-8-20(2,11-22)18(23-12-29-30-21(24,3)19(23)26)14-5-6-15-16(10-14)28-13-27-15/h4-6,10,18H,1,7-9,12-13H2,2-3H3/t18-,20+,21?/m0/s1. The van der Waals surface area contributed by atoms with Gasteiger partial charge in [0.05, 0.1) is 23.4 Å². The van der Waals surface area contributed by atoms with Gasteiger partial charge in [-0.3, -0.25) is 9.59 Å². The third-order valence-electron chi connectivity index (χ3n) is 5.94. The van der Waals surface area contributed by atoms with Crippen molar-refractivity contribution >= 4 is 33.4 Å². The zero-order valence-corrected chi connectivity index (χ0v) is 18.6. The first kappa shape index (κ1) is 20.9. The number of carbonyl (C=O) groups excluding carboxylic acids is 2. The molecule has 9 heteroatoms. The van der Waals surface area contributed by atoms with Crippen LogP contribution >= 0.6 is 21.6 Å². The molecule has 30 heavy (non-hydrogen) atoms. The van der Waals surface area contributed by atoms with Crippen molar-refractivity contribution in [2.24, 2.45) is 5.41 Å². The molecule has 2 fully saturated rings. The van der Waals surface area contributed by atoms with Crippen molar-refractivity contribution in [3.8, 4) is 17.6 Å². The van der Waals surface area contributed by atoms with E-state index in [0.717, 1.165) is 5.56 Å². The molecule has 3 heterocycles. The highest BCUT2D eigenvalue weighted by Crippen LogP contribution is 2.53. The minimum Gasteiger partial charge on any atom is -0.454 e. The lowest BCUT2D eigenvalue weighted by atomic mass is 9.75. The molecular weight excluding hydrogens is 422 g/mol. The maximum absolute atomic E-state index is 13.8. The molecule has 0 N–H and O–H groups in total. The van der Waals surface area contributed by atoms with Gasteiger partial charge < -0.3 is 19.3 Å². The Bertz CT molecular complexity index is 949. The van der Waals surface area contributed by atoms with Crippen LogP contribution < -0.4 is 9.47 Å². The van der Waals surface area contributed by atoms with E-state index in [1.54, 1.807) is 22.8 Å². The summed E-state index contributed by atoms with van der Waals surface area (Å²) in [6.45, 7) is 7.80. The van der Waals surface area contributed by atoms with Gasteiger partial charge in [0.1, 0.15) is 0 Å². The number of hydrogen-bond acceptors (Lipinski definition) is 7. The maximum atomic E-state index is 13.8. The Balaban J connectivity index is 1.86. The molecule has 3 aliphatic rings. The summed E-state index contributed by atoms with van der Waals surface area (Å²) in [6.07, 6.45) is 2.16. The Hall–Kier alpha value is -2.31. The van der Waals surface area contributed by atoms with Gasteiger partial charge in [0, 0.05) is 13.0 Å². The predicted octanol–water partition coefficient (Wildman–Crippen LogP) is 3.69. The molecule has 3 aliphatic heterocycles. The smallest absolute Gasteiger partial charge is 0.260 e. The van der Waals surface area contributed by atoms with Gasteiger partial charge in [0.2, 0.25) is 12.7 Å². The molecule has 7 nitrogen and oxygen atoms in total. The molecule has 0 saturated carbocycles. The molecule has 158 valence electrons. The molecule has 3 atom stereocenters. The molecule has 1 unspecified atom stereocenters. The average Bonchev–Trinajstić information content (AvgIpc) is 3.21. The van der Waals surface area contributed by atoms with Crippen LogP contribution in [0.3, 0.4) is 0 Å². The lowest BCUT2D eigenvalue weighted by Crippen LogP contribution is -2.59. The van der Waals surface area contributed by atoms with Crippen LogP contribution in [0.4, 0.5) is 0 Å². The zero-order valence-electron chi connectivity index (χ0n) is 16.9. The number of benzene rings is 1. The van der Waals surface area contributed by atoms with E-state index < -0.39 is 16.3 Å². The fourth-order valence-corrected chi connectivity index (χ4v) is 7.07. The first-order valence-corrected chi connectivity index (χ1v) is 12.0. The number of nitrogens with zero attached hydrogens (tertiary/aromatic N) is 3. The van der Waals surface area contributed by atoms with E-state index in [0.29, 0.717) is 23.8 Å². The van der Waals surface area contributed by atoms with Crippen molar-refractivity contribution in [2.75, 3.05) is 19.2 Å². The summed E-state index contributed by atoms with van der Waals surface area (Å²) in [4.78, 5) is 29.2. The van der Waals surface area contributed by atoms with Gasteiger partial charge in [-0.2, -0.15) is 5.26 Å². The molecule has 0 aliphatic carbocycles. The molecule has 0 spiro atoms. The Labute approximate surface area is 183 Å². The van der Waals surface area contributed by atoms with Crippen molar-refractivity contribution in [3.05, 3.63) is 36.4 Å². The van der Waals surface area contributed by atoms with Crippen molar-refractivity contribution in [1.29, 1.82) is 5.26 Å². The Kier molecular flexibility index (Phi) is 5.41. The van der Waals surface area contributed by atoms with Crippen LogP contribution in [0.2, 0.25) is 0 Å². The second kappa shape index (κ2) is 7.75. The predicted molar refractivity (Wildman–Crippen MR) is 115 cm³/mol. The normalized spacial score (nSPS) is 30.9. The zero-order chi connectivity index (χ0) is 21.5. The maximum Gasteiger partial charge on any atom is 0.260 e. The topological polar surface area (TPSA) is 82.9 Å². The van der Waals surface area contributed by atoms with E-state index in [2.05, 4.69) is 12.6 Å². The van der Waals surface area contributed by atoms with E-state index in [4.69, 9.17) is 9.47 Å². The van der Waals surface area contributed by atoms with Gasteiger partial charge in [-0.25, -0.2) is 0 Å². The Morgan fingerprint density at radius 2 is 2.10 bits per heavy atom. The number of carbonyl (C=O) groups is 2. The third kappa shape index (κ3) is 3.22. The molecule has 2 saturated heterocycles. The summed E-state index contributed by atoms with van der Waals surface area (Å²) in [7, 11) is 2.91. The monoisotopic (exact) mass is 445 g/mol. The second-order valence-corrected chi connectivity index (χ2v) is 10.6. The minimum atomic E-state index is -1.07. The average molecular weight is 446 g/mol. The molecular formula is C21H23N3O4S2. The number of rotatable bonds is 3. The molecule has 0 radical (unpaired) electrons. The van der Waals surface area contributed by atoms with Crippen molar-refractivity contribution in [2.45, 2.75) is 37.6 Å². The summed E-state index contributed by atoms with van der Waals surface area (Å²) in [5.41, 5.74) is -0.150. The summed E-state index contributed by atoms with van der Waals surface area (Å²) in [5.74, 6) is 1.35. The highest BCUT2D eigenvalue weighted by atomic mass is 33.1. The van der Waals surface area contributed by atoms with E-state index >= 15 is 0 Å². The summed E-state index contributed by atoms with van der Waals surface area (Å²) >= 11 is 0. The Morgan fingerprint density at radius 3 is 2.83 bits per heavy atom. The third-order valence-corrected chi connectivity index (χ3v) is 8.80. The largest absolute Gasteiger partial charge is 0.454 e. The van der Waals surface area contributed by atoms with Gasteiger partial charge in [0.15, 0.2) is 16.4 Å². The van der Waals surface area contributed by atoms with Crippen LogP contribution in [0.5, 0.6) is 11.5 Å². The molecule has 1 aromatic carbocycles. The molecule has 1 aromatic rings. The highest BCUT2D eigenvalue weighted by Gasteiger charge is 2.54. The van der Waals surface area contributed by atoms with Gasteiger partial charge >= 0.3 is 0 Å². The van der Waals surface area contributed by atoms with Crippen molar-refractivity contribution < 1.29 is 19.1 Å². The fraction of sp³-hybridized carbons (Fsp3) is 0.476. The lowest BCUT2D eigenvalue weighted by Gasteiger charge is -2.47. The quantitative estimate of drug-likeness (QED) is 0.518. The van der Waals surface area contributed by atoms with Gasteiger partial charge in [-0.1, -0.05) is 33.7 Å². The van der Waals surface area contributed by atoms with Crippen LogP contribution in [-0.2, 0) is 9.59 Å². The molecule has 2 amide bonds. The van der Waals surface area contributed by atoms with E-state index in [9.17, 15) is 14.9 Å². The molecule has 4 rings (SSSR count). The highest BCUT2D eigenvalue weighted by molar-refractivity contribution is 8.77. The summed E-state index contributed by atoms with van der Waals surface area (Å²) < 4.78 is 11.0. The van der Waals surface area contributed by atoms with Gasteiger partial charge in [0.25, 0.3) is 5.91 Å². The first-order valence-electron chi connectivity index (χ1n) is 9.68. The number of ether oxygens (including phenoxy) is 2. The summed E-state index contributed by atoms with van der Waals surface area (Å²) in [5, 5.41) is 10.2. The number of nitriles is 1. The fourth-order valence-electron chi connectivity index (χ4n) is 4.28. The molecule has 2 bridgehead atoms. The second-order valence-electron chi connectivity index (χ2n) is 7.93. The number of hydrogen-bond donors (Lipinski definition) is 0. The first-order chi connectivity index (χ1) is 14.3.